The van der Waals surface area contributed by atoms with E-state index in [9.17, 15) is 0 Å². The van der Waals surface area contributed by atoms with E-state index in [0.717, 1.165) is 11.1 Å². The largest absolute Gasteiger partial charge is 0.0843 e. The van der Waals surface area contributed by atoms with Gasteiger partial charge in [0.25, 0.3) is 0 Å². The Hall–Kier alpha value is 0.180. The summed E-state index contributed by atoms with van der Waals surface area (Å²) in [5.74, 6) is 0. The quantitative estimate of drug-likeness (QED) is 0.487. The molecule has 0 aliphatic carbocycles. The van der Waals surface area contributed by atoms with Crippen LogP contribution in [0, 0.1) is 0 Å². The Morgan fingerprint density at radius 3 is 1.32 bits per heavy atom. The molecule has 0 radical (unpaired) electrons. The highest BCUT2D eigenvalue weighted by Crippen LogP contribution is 2.35. The molecule has 0 nitrogen and oxygen atoms in total. The van der Waals surface area contributed by atoms with Crippen molar-refractivity contribution in [3.8, 4) is 0 Å². The SMILES string of the molecule is Clc1cc(Cl)c(Cl)c(Cc2cc(Cl)cc(Cl)c2Cl)c1. The van der Waals surface area contributed by atoms with Gasteiger partial charge in [0.1, 0.15) is 0 Å². The van der Waals surface area contributed by atoms with E-state index in [1.807, 2.05) is 0 Å². The molecule has 19 heavy (non-hydrogen) atoms. The van der Waals surface area contributed by atoms with Crippen LogP contribution >= 0.6 is 69.6 Å². The van der Waals surface area contributed by atoms with Crippen LogP contribution in [0.4, 0.5) is 0 Å². The van der Waals surface area contributed by atoms with Gasteiger partial charge in [0, 0.05) is 16.5 Å². The van der Waals surface area contributed by atoms with Crippen LogP contribution in [0.2, 0.25) is 30.1 Å². The Kier molecular flexibility index (Phi) is 5.16. The van der Waals surface area contributed by atoms with Crippen molar-refractivity contribution < 1.29 is 0 Å². The van der Waals surface area contributed by atoms with Crippen molar-refractivity contribution in [1.82, 2.24) is 0 Å². The Bertz CT molecular complexity index is 580. The first-order valence-electron chi connectivity index (χ1n) is 5.15. The second kappa shape index (κ2) is 6.30. The molecular formula is C13H6Cl6. The molecule has 0 fully saturated rings. The second-order valence-corrected chi connectivity index (χ2v) is 6.34. The minimum Gasteiger partial charge on any atom is -0.0843 e. The van der Waals surface area contributed by atoms with Crippen molar-refractivity contribution in [1.29, 1.82) is 0 Å². The molecule has 2 aromatic rings. The fourth-order valence-corrected chi connectivity index (χ4v) is 3.10. The van der Waals surface area contributed by atoms with Crippen LogP contribution in [0.1, 0.15) is 11.1 Å². The van der Waals surface area contributed by atoms with Gasteiger partial charge in [0.15, 0.2) is 0 Å². The third-order valence-corrected chi connectivity index (χ3v) is 4.64. The van der Waals surface area contributed by atoms with Gasteiger partial charge in [-0.3, -0.25) is 0 Å². The van der Waals surface area contributed by atoms with E-state index in [-0.39, 0.29) is 0 Å². The van der Waals surface area contributed by atoms with Gasteiger partial charge < -0.3 is 0 Å². The summed E-state index contributed by atoms with van der Waals surface area (Å²) in [6, 6.07) is 6.64. The molecule has 0 aliphatic rings. The van der Waals surface area contributed by atoms with Crippen LogP contribution < -0.4 is 0 Å². The lowest BCUT2D eigenvalue weighted by Gasteiger charge is -2.10. The van der Waals surface area contributed by atoms with E-state index < -0.39 is 0 Å². The van der Waals surface area contributed by atoms with Crippen LogP contribution in [0.15, 0.2) is 24.3 Å². The number of benzene rings is 2. The molecule has 100 valence electrons. The van der Waals surface area contributed by atoms with Gasteiger partial charge in [-0.25, -0.2) is 0 Å². The monoisotopic (exact) mass is 372 g/mol. The first-order valence-corrected chi connectivity index (χ1v) is 7.42. The van der Waals surface area contributed by atoms with Gasteiger partial charge in [-0.2, -0.15) is 0 Å². The summed E-state index contributed by atoms with van der Waals surface area (Å²) < 4.78 is 0. The van der Waals surface area contributed by atoms with Crippen molar-refractivity contribution in [2.75, 3.05) is 0 Å². The highest BCUT2D eigenvalue weighted by Gasteiger charge is 2.12. The molecule has 0 amide bonds. The molecular weight excluding hydrogens is 369 g/mol. The zero-order chi connectivity index (χ0) is 14.2. The van der Waals surface area contributed by atoms with E-state index >= 15 is 0 Å². The van der Waals surface area contributed by atoms with Crippen molar-refractivity contribution >= 4 is 69.6 Å². The predicted molar refractivity (Wildman–Crippen MR) is 85.8 cm³/mol. The Morgan fingerprint density at radius 2 is 0.947 bits per heavy atom. The standard InChI is InChI=1S/C13H6Cl6/c14-8-2-6(12(18)10(16)4-8)1-7-3-9(15)5-11(17)13(7)19/h2-5H,1H2. The Balaban J connectivity index is 2.47. The first-order chi connectivity index (χ1) is 8.88. The summed E-state index contributed by atoms with van der Waals surface area (Å²) in [4.78, 5) is 0. The number of rotatable bonds is 2. The molecule has 0 heterocycles. The van der Waals surface area contributed by atoms with E-state index in [0.29, 0.717) is 36.6 Å². The summed E-state index contributed by atoms with van der Waals surface area (Å²) in [6.45, 7) is 0. The van der Waals surface area contributed by atoms with Gasteiger partial charge in [-0.05, 0) is 35.4 Å². The van der Waals surface area contributed by atoms with Crippen LogP contribution in [-0.2, 0) is 6.42 Å². The summed E-state index contributed by atoms with van der Waals surface area (Å²) in [5.41, 5.74) is 1.53. The van der Waals surface area contributed by atoms with E-state index in [1.165, 1.54) is 0 Å². The second-order valence-electron chi connectivity index (χ2n) is 3.90. The van der Waals surface area contributed by atoms with E-state index in [1.54, 1.807) is 24.3 Å². The Labute approximate surface area is 141 Å². The molecule has 0 aliphatic heterocycles. The van der Waals surface area contributed by atoms with Crippen LogP contribution in [0.25, 0.3) is 0 Å². The minimum absolute atomic E-state index is 0.397. The molecule has 0 aromatic heterocycles. The minimum atomic E-state index is 0.397. The molecule has 0 spiro atoms. The zero-order valence-electron chi connectivity index (χ0n) is 9.28. The predicted octanol–water partition coefficient (Wildman–Crippen LogP) is 7.20. The number of hydrogen-bond acceptors (Lipinski definition) is 0. The lowest BCUT2D eigenvalue weighted by Crippen LogP contribution is -1.92. The molecule has 0 bridgehead atoms. The Morgan fingerprint density at radius 1 is 0.579 bits per heavy atom. The van der Waals surface area contributed by atoms with Crippen LogP contribution in [0.5, 0.6) is 0 Å². The molecule has 0 saturated carbocycles. The molecule has 0 N–H and O–H groups in total. The van der Waals surface area contributed by atoms with Gasteiger partial charge >= 0.3 is 0 Å². The van der Waals surface area contributed by atoms with Gasteiger partial charge in [0.05, 0.1) is 20.1 Å². The van der Waals surface area contributed by atoms with Crippen LogP contribution in [0.3, 0.4) is 0 Å². The van der Waals surface area contributed by atoms with Crippen molar-refractivity contribution in [2.45, 2.75) is 6.42 Å². The third-order valence-electron chi connectivity index (χ3n) is 2.52. The normalized spacial score (nSPS) is 10.8. The van der Waals surface area contributed by atoms with E-state index in [4.69, 9.17) is 69.6 Å². The maximum absolute atomic E-state index is 6.15. The zero-order valence-corrected chi connectivity index (χ0v) is 13.8. The molecule has 0 unspecified atom stereocenters. The summed E-state index contributed by atoms with van der Waals surface area (Å²) in [6.07, 6.45) is 0.443. The average Bonchev–Trinajstić information content (AvgIpc) is 2.31. The van der Waals surface area contributed by atoms with Crippen molar-refractivity contribution in [3.63, 3.8) is 0 Å². The summed E-state index contributed by atoms with van der Waals surface area (Å²) in [7, 11) is 0. The highest BCUT2D eigenvalue weighted by atomic mass is 35.5. The maximum Gasteiger partial charge on any atom is 0.0628 e. The van der Waals surface area contributed by atoms with Crippen molar-refractivity contribution in [2.24, 2.45) is 0 Å². The first kappa shape index (κ1) is 15.6. The third kappa shape index (κ3) is 3.64. The smallest absolute Gasteiger partial charge is 0.0628 e. The molecule has 2 aromatic carbocycles. The average molecular weight is 375 g/mol. The number of halogens is 6. The molecule has 2 rings (SSSR count). The van der Waals surface area contributed by atoms with Crippen molar-refractivity contribution in [3.05, 3.63) is 65.5 Å². The number of hydrogen-bond donors (Lipinski definition) is 0. The van der Waals surface area contributed by atoms with Gasteiger partial charge in [0.2, 0.25) is 0 Å². The highest BCUT2D eigenvalue weighted by molar-refractivity contribution is 6.44. The topological polar surface area (TPSA) is 0 Å². The summed E-state index contributed by atoms with van der Waals surface area (Å²) >= 11 is 36.2. The maximum atomic E-state index is 6.15. The van der Waals surface area contributed by atoms with Gasteiger partial charge in [-0.1, -0.05) is 69.6 Å². The fraction of sp³-hybridized carbons (Fsp3) is 0.0769. The molecule has 0 atom stereocenters. The van der Waals surface area contributed by atoms with Gasteiger partial charge in [-0.15, -0.1) is 0 Å². The summed E-state index contributed by atoms with van der Waals surface area (Å²) in [5, 5.41) is 2.69. The fourth-order valence-electron chi connectivity index (χ4n) is 1.68. The van der Waals surface area contributed by atoms with E-state index in [2.05, 4.69) is 0 Å². The molecule has 0 saturated heterocycles. The molecule has 6 heteroatoms. The lowest BCUT2D eigenvalue weighted by atomic mass is 10.0. The lowest BCUT2D eigenvalue weighted by molar-refractivity contribution is 1.19. The van der Waals surface area contributed by atoms with Crippen LogP contribution in [-0.4, -0.2) is 0 Å².